The maximum absolute atomic E-state index is 11.5. The molecule has 0 aliphatic rings. The predicted octanol–water partition coefficient (Wildman–Crippen LogP) is -0.605. The molecule has 10 nitrogen and oxygen atoms in total. The Bertz CT molecular complexity index is 1070. The summed E-state index contributed by atoms with van der Waals surface area (Å²) in [4.78, 5) is 46.4. The van der Waals surface area contributed by atoms with Crippen LogP contribution in [-0.2, 0) is 0 Å². The third-order valence-corrected chi connectivity index (χ3v) is 2.90. The number of nitrogens with one attached hydrogen (secondary N) is 4. The van der Waals surface area contributed by atoms with Crippen LogP contribution in [0.1, 0.15) is 5.56 Å². The number of aromatic nitrogens is 4. The van der Waals surface area contributed by atoms with E-state index < -0.39 is 22.8 Å². The molecular weight excluding hydrogens is 294 g/mol. The van der Waals surface area contributed by atoms with Gasteiger partial charge < -0.3 is 20.2 Å². The zero-order chi connectivity index (χ0) is 15.9. The molecule has 0 spiro atoms. The van der Waals surface area contributed by atoms with E-state index in [9.17, 15) is 24.6 Å². The van der Waals surface area contributed by atoms with Gasteiger partial charge in [-0.05, 0) is 6.07 Å². The van der Waals surface area contributed by atoms with Crippen molar-refractivity contribution in [3.63, 3.8) is 0 Å². The van der Waals surface area contributed by atoms with Crippen molar-refractivity contribution in [3.8, 4) is 11.6 Å². The number of nitrogens with zero attached hydrogens (tertiary/aromatic N) is 1. The van der Waals surface area contributed by atoms with Gasteiger partial charge >= 0.3 is 11.4 Å². The Morgan fingerprint density at radius 1 is 0.909 bits per heavy atom. The molecule has 2 aromatic heterocycles. The first-order chi connectivity index (χ1) is 10.4. The van der Waals surface area contributed by atoms with Crippen LogP contribution in [0.2, 0.25) is 0 Å². The predicted molar refractivity (Wildman–Crippen MR) is 77.2 cm³/mol. The van der Waals surface area contributed by atoms with Gasteiger partial charge in [0, 0.05) is 12.3 Å². The van der Waals surface area contributed by atoms with Gasteiger partial charge in [-0.3, -0.25) is 19.8 Å². The molecule has 3 aromatic rings. The lowest BCUT2D eigenvalue weighted by molar-refractivity contribution is 0.447. The second-order valence-corrected chi connectivity index (χ2v) is 4.39. The van der Waals surface area contributed by atoms with E-state index in [4.69, 9.17) is 0 Å². The van der Waals surface area contributed by atoms with Gasteiger partial charge in [0.1, 0.15) is 17.0 Å². The highest BCUT2D eigenvalue weighted by Gasteiger charge is 2.08. The molecule has 2 heterocycles. The topological polar surface area (TPSA) is 167 Å². The molecule has 3 rings (SSSR count). The molecule has 112 valence electrons. The number of phenolic OH excluding ortho intramolecular Hbond substituents is 1. The van der Waals surface area contributed by atoms with E-state index in [0.29, 0.717) is 11.0 Å². The van der Waals surface area contributed by atoms with Crippen molar-refractivity contribution in [1.82, 2.24) is 19.9 Å². The molecule has 0 radical (unpaired) electrons. The van der Waals surface area contributed by atoms with E-state index in [1.807, 2.05) is 9.97 Å². The van der Waals surface area contributed by atoms with Gasteiger partial charge in [0.25, 0.3) is 5.56 Å². The molecule has 0 amide bonds. The largest absolute Gasteiger partial charge is 0.506 e. The van der Waals surface area contributed by atoms with Gasteiger partial charge in [-0.1, -0.05) is 0 Å². The minimum Gasteiger partial charge on any atom is -0.506 e. The lowest BCUT2D eigenvalue weighted by Gasteiger charge is -1.99. The number of aromatic amines is 4. The first-order valence-electron chi connectivity index (χ1n) is 5.98. The van der Waals surface area contributed by atoms with Gasteiger partial charge in [0.05, 0.1) is 11.0 Å². The van der Waals surface area contributed by atoms with Gasteiger partial charge in [-0.2, -0.15) is 0 Å². The summed E-state index contributed by atoms with van der Waals surface area (Å²) in [5, 5.41) is 19.3. The molecule has 0 aliphatic carbocycles. The van der Waals surface area contributed by atoms with Gasteiger partial charge in [0.2, 0.25) is 5.88 Å². The number of aromatic hydroxyl groups is 2. The Labute approximate surface area is 119 Å². The maximum Gasteiger partial charge on any atom is 0.328 e. The second kappa shape index (κ2) is 4.77. The molecule has 0 unspecified atom stereocenters. The minimum atomic E-state index is -0.853. The number of phenols is 1. The quantitative estimate of drug-likeness (QED) is 0.347. The molecule has 22 heavy (non-hydrogen) atoms. The fraction of sp³-hybridized carbons (Fsp3) is 0. The zero-order valence-electron chi connectivity index (χ0n) is 10.8. The summed E-state index contributed by atoms with van der Waals surface area (Å²) < 4.78 is 0. The highest BCUT2D eigenvalue weighted by Crippen LogP contribution is 2.29. The average molecular weight is 303 g/mol. The smallest absolute Gasteiger partial charge is 0.328 e. The van der Waals surface area contributed by atoms with E-state index in [1.165, 1.54) is 12.1 Å². The van der Waals surface area contributed by atoms with Crippen LogP contribution in [0.15, 0.2) is 31.5 Å². The number of benzene rings is 1. The summed E-state index contributed by atoms with van der Waals surface area (Å²) in [6.45, 7) is 0. The summed E-state index contributed by atoms with van der Waals surface area (Å²) in [5.41, 5.74) is -1.53. The van der Waals surface area contributed by atoms with Gasteiger partial charge in [0.15, 0.2) is 0 Å². The number of aliphatic imine (C=N–C) groups is 1. The third kappa shape index (κ3) is 2.28. The van der Waals surface area contributed by atoms with Crippen LogP contribution >= 0.6 is 0 Å². The first kappa shape index (κ1) is 13.4. The molecule has 0 saturated carbocycles. The molecular formula is C12H9N5O5. The van der Waals surface area contributed by atoms with Crippen molar-refractivity contribution >= 4 is 22.9 Å². The molecule has 0 aliphatic heterocycles. The monoisotopic (exact) mass is 303 g/mol. The van der Waals surface area contributed by atoms with E-state index in [1.54, 1.807) is 0 Å². The van der Waals surface area contributed by atoms with Crippen LogP contribution < -0.4 is 16.9 Å². The highest BCUT2D eigenvalue weighted by atomic mass is 16.3. The second-order valence-electron chi connectivity index (χ2n) is 4.39. The van der Waals surface area contributed by atoms with Crippen LogP contribution in [0, 0.1) is 0 Å². The Balaban J connectivity index is 2.10. The number of fused-ring (bicyclic) bond motifs is 1. The number of imidazole rings is 1. The van der Waals surface area contributed by atoms with Crippen LogP contribution in [0.3, 0.4) is 0 Å². The summed E-state index contributed by atoms with van der Waals surface area (Å²) in [7, 11) is 0. The third-order valence-electron chi connectivity index (χ3n) is 2.90. The molecule has 6 N–H and O–H groups in total. The van der Waals surface area contributed by atoms with Crippen LogP contribution in [0.25, 0.3) is 11.0 Å². The summed E-state index contributed by atoms with van der Waals surface area (Å²) in [5.74, 6) is -0.882. The molecule has 0 saturated heterocycles. The summed E-state index contributed by atoms with van der Waals surface area (Å²) in [6.07, 6.45) is 0.982. The number of H-pyrrole nitrogens is 4. The summed E-state index contributed by atoms with van der Waals surface area (Å²) in [6, 6.07) is 2.67. The molecule has 0 fully saturated rings. The number of rotatable bonds is 2. The average Bonchev–Trinajstić information content (AvgIpc) is 2.76. The Hall–Kier alpha value is -3.56. The molecule has 0 atom stereocenters. The fourth-order valence-corrected chi connectivity index (χ4v) is 1.90. The maximum atomic E-state index is 11.5. The SMILES string of the molecule is O=c1[nH]c(O)c(C=Nc2cc3[nH]c(=O)[nH]c3cc2O)c(=O)[nH]1. The summed E-state index contributed by atoms with van der Waals surface area (Å²) >= 11 is 0. The first-order valence-corrected chi connectivity index (χ1v) is 5.98. The Morgan fingerprint density at radius 2 is 1.55 bits per heavy atom. The van der Waals surface area contributed by atoms with E-state index in [2.05, 4.69) is 15.0 Å². The number of hydrogen-bond donors (Lipinski definition) is 6. The van der Waals surface area contributed by atoms with Gasteiger partial charge in [-0.25, -0.2) is 9.59 Å². The van der Waals surface area contributed by atoms with Crippen molar-refractivity contribution in [1.29, 1.82) is 0 Å². The highest BCUT2D eigenvalue weighted by molar-refractivity contribution is 5.87. The standard InChI is InChI=1S/C12H9N5O5/c18-8-2-6-5(14-11(21)15-6)1-7(8)13-3-4-9(19)16-12(22)17-10(4)20/h1-3,18H,(H2,14,15,21)(H3,16,17,19,20,22). The van der Waals surface area contributed by atoms with Crippen molar-refractivity contribution < 1.29 is 10.2 Å². The molecule has 10 heteroatoms. The van der Waals surface area contributed by atoms with Crippen LogP contribution in [0.5, 0.6) is 11.6 Å². The Kier molecular flexibility index (Phi) is 2.91. The minimum absolute atomic E-state index is 0.0627. The van der Waals surface area contributed by atoms with Crippen molar-refractivity contribution in [2.45, 2.75) is 0 Å². The van der Waals surface area contributed by atoms with Crippen LogP contribution in [0.4, 0.5) is 5.69 Å². The normalized spacial score (nSPS) is 11.5. The molecule has 0 bridgehead atoms. The van der Waals surface area contributed by atoms with Crippen LogP contribution in [-0.4, -0.2) is 36.4 Å². The number of hydrogen-bond acceptors (Lipinski definition) is 6. The van der Waals surface area contributed by atoms with E-state index in [0.717, 1.165) is 6.21 Å². The van der Waals surface area contributed by atoms with E-state index >= 15 is 0 Å². The van der Waals surface area contributed by atoms with Crippen molar-refractivity contribution in [2.75, 3.05) is 0 Å². The molecule has 1 aromatic carbocycles. The van der Waals surface area contributed by atoms with Crippen molar-refractivity contribution in [2.24, 2.45) is 4.99 Å². The van der Waals surface area contributed by atoms with Gasteiger partial charge in [-0.15, -0.1) is 0 Å². The Morgan fingerprint density at radius 3 is 2.23 bits per heavy atom. The van der Waals surface area contributed by atoms with E-state index in [-0.39, 0.29) is 17.0 Å². The van der Waals surface area contributed by atoms with Crippen molar-refractivity contribution in [3.05, 3.63) is 49.0 Å². The lowest BCUT2D eigenvalue weighted by atomic mass is 10.2. The fourth-order valence-electron chi connectivity index (χ4n) is 1.90. The lowest BCUT2D eigenvalue weighted by Crippen LogP contribution is -2.24. The zero-order valence-corrected chi connectivity index (χ0v) is 10.8.